The van der Waals surface area contributed by atoms with Crippen molar-refractivity contribution in [1.29, 1.82) is 0 Å². The molecule has 0 aliphatic carbocycles. The zero-order chi connectivity index (χ0) is 18.8. The molecule has 26 heavy (non-hydrogen) atoms. The van der Waals surface area contributed by atoms with Crippen LogP contribution in [0.3, 0.4) is 0 Å². The quantitative estimate of drug-likeness (QED) is 0.737. The maximum atomic E-state index is 12.6. The molecular formula is C17H18N4O4S. The summed E-state index contributed by atoms with van der Waals surface area (Å²) in [6.07, 6.45) is 1.35. The molecule has 0 aliphatic heterocycles. The number of fused-ring (bicyclic) bond motifs is 1. The fourth-order valence-electron chi connectivity index (χ4n) is 2.29. The summed E-state index contributed by atoms with van der Waals surface area (Å²) >= 11 is 1.35. The van der Waals surface area contributed by atoms with E-state index >= 15 is 0 Å². The molecule has 1 N–H and O–H groups in total. The van der Waals surface area contributed by atoms with Crippen LogP contribution in [0.1, 0.15) is 35.1 Å². The van der Waals surface area contributed by atoms with E-state index in [1.54, 1.807) is 12.1 Å². The van der Waals surface area contributed by atoms with Gasteiger partial charge in [-0.25, -0.2) is 4.98 Å². The molecule has 0 saturated carbocycles. The second kappa shape index (κ2) is 7.12. The SMILES string of the molecule is COc1ccc(C(=O)Nc2cnc3sc(C(C)C)nn3c2=O)cc1OC. The number of hydrogen-bond acceptors (Lipinski definition) is 7. The van der Waals surface area contributed by atoms with Crippen LogP contribution >= 0.6 is 11.3 Å². The average molecular weight is 374 g/mol. The van der Waals surface area contributed by atoms with Crippen LogP contribution < -0.4 is 20.3 Å². The predicted molar refractivity (Wildman–Crippen MR) is 98.7 cm³/mol. The molecule has 3 rings (SSSR count). The fourth-order valence-corrected chi connectivity index (χ4v) is 3.15. The van der Waals surface area contributed by atoms with Crippen LogP contribution in [0.15, 0.2) is 29.2 Å². The van der Waals surface area contributed by atoms with Gasteiger partial charge >= 0.3 is 0 Å². The molecule has 0 radical (unpaired) electrons. The van der Waals surface area contributed by atoms with Gasteiger partial charge in [0.05, 0.1) is 20.4 Å². The zero-order valence-electron chi connectivity index (χ0n) is 14.8. The summed E-state index contributed by atoms with van der Waals surface area (Å²) < 4.78 is 11.6. The number of ether oxygens (including phenoxy) is 2. The predicted octanol–water partition coefficient (Wildman–Crippen LogP) is 2.54. The highest BCUT2D eigenvalue weighted by atomic mass is 32.1. The van der Waals surface area contributed by atoms with Crippen LogP contribution in [0.4, 0.5) is 5.69 Å². The lowest BCUT2D eigenvalue weighted by atomic mass is 10.2. The molecule has 8 nitrogen and oxygen atoms in total. The molecule has 3 aromatic rings. The number of methoxy groups -OCH3 is 2. The highest BCUT2D eigenvalue weighted by Gasteiger charge is 2.16. The summed E-state index contributed by atoms with van der Waals surface area (Å²) in [6, 6.07) is 4.74. The third-order valence-electron chi connectivity index (χ3n) is 3.69. The maximum Gasteiger partial charge on any atom is 0.298 e. The molecular weight excluding hydrogens is 356 g/mol. The largest absolute Gasteiger partial charge is 0.493 e. The van der Waals surface area contributed by atoms with Gasteiger partial charge in [-0.15, -0.1) is 0 Å². The normalized spacial score (nSPS) is 11.0. The average Bonchev–Trinajstić information content (AvgIpc) is 3.09. The van der Waals surface area contributed by atoms with Gasteiger partial charge in [-0.2, -0.15) is 9.61 Å². The lowest BCUT2D eigenvalue weighted by Gasteiger charge is -2.09. The first-order valence-corrected chi connectivity index (χ1v) is 8.68. The molecule has 0 bridgehead atoms. The molecule has 0 saturated heterocycles. The van der Waals surface area contributed by atoms with E-state index in [4.69, 9.17) is 9.47 Å². The Kier molecular flexibility index (Phi) is 4.90. The van der Waals surface area contributed by atoms with Gasteiger partial charge in [0, 0.05) is 11.5 Å². The topological polar surface area (TPSA) is 94.8 Å². The first-order chi connectivity index (χ1) is 12.4. The Labute approximate surface area is 153 Å². The third kappa shape index (κ3) is 3.25. The molecule has 0 spiro atoms. The number of amides is 1. The minimum absolute atomic E-state index is 0.0582. The minimum atomic E-state index is -0.455. The van der Waals surface area contributed by atoms with Gasteiger partial charge in [-0.05, 0) is 18.2 Å². The summed E-state index contributed by atoms with van der Waals surface area (Å²) in [5.74, 6) is 0.664. The second-order valence-electron chi connectivity index (χ2n) is 5.79. The Bertz CT molecular complexity index is 1030. The standard InChI is InChI=1S/C17H18N4O4S/c1-9(2)15-20-21-16(23)11(8-18-17(21)26-15)19-14(22)10-5-6-12(24-3)13(7-10)25-4/h5-9H,1-4H3,(H,19,22). The molecule has 0 aliphatic rings. The third-order valence-corrected chi connectivity index (χ3v) is 4.91. The number of nitrogens with zero attached hydrogens (tertiary/aromatic N) is 3. The molecule has 9 heteroatoms. The Morgan fingerprint density at radius 1 is 1.23 bits per heavy atom. The first kappa shape index (κ1) is 17.9. The number of anilines is 1. The number of carbonyl (C=O) groups excluding carboxylic acids is 1. The Morgan fingerprint density at radius 2 is 1.96 bits per heavy atom. The van der Waals surface area contributed by atoms with E-state index in [1.807, 2.05) is 13.8 Å². The van der Waals surface area contributed by atoms with E-state index < -0.39 is 11.5 Å². The van der Waals surface area contributed by atoms with Gasteiger partial charge in [0.25, 0.3) is 11.5 Å². The summed E-state index contributed by atoms with van der Waals surface area (Å²) in [5.41, 5.74) is -0.0387. The molecule has 1 amide bonds. The molecule has 0 fully saturated rings. The molecule has 1 aromatic carbocycles. The zero-order valence-corrected chi connectivity index (χ0v) is 15.6. The Balaban J connectivity index is 1.92. The molecule has 2 aromatic heterocycles. The second-order valence-corrected chi connectivity index (χ2v) is 6.78. The van der Waals surface area contributed by atoms with Gasteiger partial charge in [0.1, 0.15) is 10.7 Å². The molecule has 0 atom stereocenters. The molecule has 136 valence electrons. The van der Waals surface area contributed by atoms with Crippen LogP contribution in [0.2, 0.25) is 0 Å². The van der Waals surface area contributed by atoms with Crippen molar-refractivity contribution in [3.63, 3.8) is 0 Å². The smallest absolute Gasteiger partial charge is 0.298 e. The Morgan fingerprint density at radius 3 is 2.62 bits per heavy atom. The van der Waals surface area contributed by atoms with Gasteiger partial charge in [0.2, 0.25) is 4.96 Å². The van der Waals surface area contributed by atoms with Crippen LogP contribution in [-0.2, 0) is 0 Å². The van der Waals surface area contributed by atoms with Crippen LogP contribution in [-0.4, -0.2) is 34.7 Å². The summed E-state index contributed by atoms with van der Waals surface area (Å²) in [5, 5.41) is 7.66. The van der Waals surface area contributed by atoms with E-state index in [9.17, 15) is 9.59 Å². The number of benzene rings is 1. The van der Waals surface area contributed by atoms with E-state index in [2.05, 4.69) is 15.4 Å². The van der Waals surface area contributed by atoms with Crippen molar-refractivity contribution in [2.24, 2.45) is 0 Å². The van der Waals surface area contributed by atoms with Crippen molar-refractivity contribution in [3.05, 3.63) is 45.3 Å². The van der Waals surface area contributed by atoms with Gasteiger partial charge < -0.3 is 14.8 Å². The fraction of sp³-hybridized carbons (Fsp3) is 0.294. The van der Waals surface area contributed by atoms with Crippen molar-refractivity contribution >= 4 is 27.9 Å². The van der Waals surface area contributed by atoms with E-state index in [1.165, 1.54) is 42.3 Å². The van der Waals surface area contributed by atoms with E-state index in [-0.39, 0.29) is 11.6 Å². The van der Waals surface area contributed by atoms with Crippen LogP contribution in [0.25, 0.3) is 4.96 Å². The number of rotatable bonds is 5. The van der Waals surface area contributed by atoms with Gasteiger partial charge in [0.15, 0.2) is 11.5 Å². The lowest BCUT2D eigenvalue weighted by molar-refractivity contribution is 0.102. The number of aromatic nitrogens is 3. The maximum absolute atomic E-state index is 12.6. The van der Waals surface area contributed by atoms with Crippen molar-refractivity contribution < 1.29 is 14.3 Å². The van der Waals surface area contributed by atoms with E-state index in [0.29, 0.717) is 22.0 Å². The van der Waals surface area contributed by atoms with E-state index in [0.717, 1.165) is 5.01 Å². The van der Waals surface area contributed by atoms with Crippen molar-refractivity contribution in [1.82, 2.24) is 14.6 Å². The van der Waals surface area contributed by atoms with Gasteiger partial charge in [-0.1, -0.05) is 25.2 Å². The first-order valence-electron chi connectivity index (χ1n) is 7.86. The molecule has 0 unspecified atom stereocenters. The Hall–Kier alpha value is -2.94. The lowest BCUT2D eigenvalue weighted by Crippen LogP contribution is -2.23. The molecule has 2 heterocycles. The highest BCUT2D eigenvalue weighted by Crippen LogP contribution is 2.27. The van der Waals surface area contributed by atoms with Crippen molar-refractivity contribution in [3.8, 4) is 11.5 Å². The monoisotopic (exact) mass is 374 g/mol. The summed E-state index contributed by atoms with van der Waals surface area (Å²) in [7, 11) is 3.00. The summed E-state index contributed by atoms with van der Waals surface area (Å²) in [6.45, 7) is 3.98. The van der Waals surface area contributed by atoms with Crippen molar-refractivity contribution in [2.45, 2.75) is 19.8 Å². The van der Waals surface area contributed by atoms with Crippen molar-refractivity contribution in [2.75, 3.05) is 19.5 Å². The number of nitrogens with one attached hydrogen (secondary N) is 1. The highest BCUT2D eigenvalue weighted by molar-refractivity contribution is 7.16. The van der Waals surface area contributed by atoms with Gasteiger partial charge in [-0.3, -0.25) is 9.59 Å². The van der Waals surface area contributed by atoms with Crippen LogP contribution in [0, 0.1) is 0 Å². The number of hydrogen-bond donors (Lipinski definition) is 1. The summed E-state index contributed by atoms with van der Waals surface area (Å²) in [4.78, 5) is 29.7. The number of carbonyl (C=O) groups is 1. The van der Waals surface area contributed by atoms with Crippen LogP contribution in [0.5, 0.6) is 11.5 Å². The minimum Gasteiger partial charge on any atom is -0.493 e.